The molecule has 2 aromatic rings. The monoisotopic (exact) mass is 415 g/mol. The average molecular weight is 416 g/mol. The number of piperazine rings is 1. The van der Waals surface area contributed by atoms with Crippen LogP contribution in [0.1, 0.15) is 11.1 Å². The molecule has 27 heavy (non-hydrogen) atoms. The summed E-state index contributed by atoms with van der Waals surface area (Å²) in [5.41, 5.74) is 0.353. The van der Waals surface area contributed by atoms with E-state index in [0.29, 0.717) is 43.7 Å². The molecule has 1 aliphatic rings. The smallest absolute Gasteiger partial charge is 0.358 e. The standard InChI is InChI=1S/C18H18ClF3N4S/c19-15-10-14(18(20,21)22)12-23-16(15)25-6-8-26(9-7-25)17(27)24-11-13-4-2-1-3-5-13/h1-5,10,12H,6-9,11H2,(H,24,27)/p+1. The van der Waals surface area contributed by atoms with Gasteiger partial charge in [-0.3, -0.25) is 4.90 Å². The normalized spacial score (nSPS) is 15.0. The molecule has 1 fully saturated rings. The van der Waals surface area contributed by atoms with Crippen LogP contribution in [0.2, 0.25) is 5.02 Å². The summed E-state index contributed by atoms with van der Waals surface area (Å²) in [5.74, 6) is 0.493. The number of benzene rings is 1. The number of alkyl halides is 3. The number of hydrogen-bond acceptors (Lipinski definition) is 2. The van der Waals surface area contributed by atoms with Crippen molar-refractivity contribution in [3.8, 4) is 0 Å². The molecule has 144 valence electrons. The molecule has 0 spiro atoms. The highest BCUT2D eigenvalue weighted by molar-refractivity contribution is 7.80. The average Bonchev–Trinajstić information content (AvgIpc) is 2.66. The number of H-pyrrole nitrogens is 1. The Bertz CT molecular complexity index is 793. The van der Waals surface area contributed by atoms with Crippen LogP contribution in [0.5, 0.6) is 0 Å². The Morgan fingerprint density at radius 1 is 1.15 bits per heavy atom. The maximum atomic E-state index is 12.8. The number of anilines is 1. The lowest BCUT2D eigenvalue weighted by molar-refractivity contribution is -0.367. The molecule has 0 atom stereocenters. The molecule has 0 unspecified atom stereocenters. The van der Waals surface area contributed by atoms with Crippen LogP contribution in [0.3, 0.4) is 0 Å². The summed E-state index contributed by atoms with van der Waals surface area (Å²) in [7, 11) is 0. The summed E-state index contributed by atoms with van der Waals surface area (Å²) in [6.07, 6.45) is -3.48. The van der Waals surface area contributed by atoms with Crippen LogP contribution in [0.25, 0.3) is 0 Å². The van der Waals surface area contributed by atoms with Gasteiger partial charge in [0, 0.05) is 6.54 Å². The van der Waals surface area contributed by atoms with Gasteiger partial charge in [-0.2, -0.15) is 13.2 Å². The summed E-state index contributed by atoms with van der Waals surface area (Å²) < 4.78 is 38.3. The molecule has 1 aromatic heterocycles. The van der Waals surface area contributed by atoms with Crippen molar-refractivity contribution >= 4 is 34.7 Å². The number of aromatic amines is 1. The summed E-state index contributed by atoms with van der Waals surface area (Å²) in [6, 6.07) is 10.9. The number of nitrogens with zero attached hydrogens (tertiary/aromatic N) is 2. The highest BCUT2D eigenvalue weighted by Gasteiger charge is 2.34. The SMILES string of the molecule is FC(F)(F)c1c[nH+]c(N2CCN(C(=S)NCc3ccccc3)CC2)c(Cl)c1. The van der Waals surface area contributed by atoms with Crippen LogP contribution in [0.15, 0.2) is 42.6 Å². The first kappa shape index (κ1) is 19.7. The minimum atomic E-state index is -4.42. The van der Waals surface area contributed by atoms with Crippen molar-refractivity contribution in [2.24, 2.45) is 0 Å². The third kappa shape index (κ3) is 5.01. The summed E-state index contributed by atoms with van der Waals surface area (Å²) in [4.78, 5) is 6.66. The first-order valence-electron chi connectivity index (χ1n) is 8.44. The number of pyridine rings is 1. The van der Waals surface area contributed by atoms with Crippen molar-refractivity contribution in [1.29, 1.82) is 0 Å². The zero-order valence-electron chi connectivity index (χ0n) is 14.4. The van der Waals surface area contributed by atoms with Crippen LogP contribution in [-0.2, 0) is 12.7 Å². The molecule has 3 rings (SSSR count). The van der Waals surface area contributed by atoms with Crippen LogP contribution in [-0.4, -0.2) is 36.2 Å². The summed E-state index contributed by atoms with van der Waals surface area (Å²) in [5, 5.41) is 3.96. The van der Waals surface area contributed by atoms with Gasteiger partial charge in [0.05, 0.1) is 18.7 Å². The lowest BCUT2D eigenvalue weighted by atomic mass is 10.2. The first-order valence-corrected chi connectivity index (χ1v) is 9.23. The lowest BCUT2D eigenvalue weighted by Crippen LogP contribution is -2.52. The van der Waals surface area contributed by atoms with Crippen LogP contribution < -0.4 is 15.2 Å². The summed E-state index contributed by atoms with van der Waals surface area (Å²) in [6.45, 7) is 3.18. The molecule has 0 amide bonds. The predicted octanol–water partition coefficient (Wildman–Crippen LogP) is 3.37. The molecule has 0 bridgehead atoms. The second kappa shape index (κ2) is 8.31. The van der Waals surface area contributed by atoms with Gasteiger partial charge in [0.1, 0.15) is 24.3 Å². The quantitative estimate of drug-likeness (QED) is 0.779. The van der Waals surface area contributed by atoms with Gasteiger partial charge in [0.25, 0.3) is 5.82 Å². The second-order valence-corrected chi connectivity index (χ2v) is 6.99. The molecule has 4 nitrogen and oxygen atoms in total. The molecule has 0 radical (unpaired) electrons. The molecule has 0 saturated carbocycles. The molecule has 1 aromatic carbocycles. The van der Waals surface area contributed by atoms with Crippen LogP contribution in [0.4, 0.5) is 19.0 Å². The van der Waals surface area contributed by atoms with Gasteiger partial charge in [0.2, 0.25) is 0 Å². The Kier molecular flexibility index (Phi) is 6.06. The van der Waals surface area contributed by atoms with E-state index in [-0.39, 0.29) is 5.02 Å². The van der Waals surface area contributed by atoms with Gasteiger partial charge < -0.3 is 10.2 Å². The Labute approximate surface area is 165 Å². The highest BCUT2D eigenvalue weighted by atomic mass is 35.5. The Morgan fingerprint density at radius 3 is 2.41 bits per heavy atom. The second-order valence-electron chi connectivity index (χ2n) is 6.20. The number of hydrogen-bond donors (Lipinski definition) is 1. The Hall–Kier alpha value is -2.06. The number of nitrogens with one attached hydrogen (secondary N) is 2. The van der Waals surface area contributed by atoms with E-state index in [2.05, 4.69) is 10.3 Å². The van der Waals surface area contributed by atoms with Crippen LogP contribution in [0, 0.1) is 0 Å². The van der Waals surface area contributed by atoms with Crippen molar-refractivity contribution in [2.45, 2.75) is 12.7 Å². The molecule has 0 aliphatic carbocycles. The van der Waals surface area contributed by atoms with E-state index < -0.39 is 11.7 Å². The minimum Gasteiger partial charge on any atom is -0.358 e. The Morgan fingerprint density at radius 2 is 1.81 bits per heavy atom. The summed E-state index contributed by atoms with van der Waals surface area (Å²) >= 11 is 11.5. The van der Waals surface area contributed by atoms with Gasteiger partial charge >= 0.3 is 6.18 Å². The largest absolute Gasteiger partial charge is 0.419 e. The fourth-order valence-corrected chi connectivity index (χ4v) is 3.43. The number of halogens is 4. The number of rotatable bonds is 3. The molecule has 2 N–H and O–H groups in total. The van der Waals surface area contributed by atoms with E-state index in [1.807, 2.05) is 40.1 Å². The predicted molar refractivity (Wildman–Crippen MR) is 103 cm³/mol. The van der Waals surface area contributed by atoms with Crippen molar-refractivity contribution in [3.63, 3.8) is 0 Å². The molecular weight excluding hydrogens is 397 g/mol. The topological polar surface area (TPSA) is 32.7 Å². The molecule has 1 saturated heterocycles. The van der Waals surface area contributed by atoms with E-state index in [1.54, 1.807) is 0 Å². The van der Waals surface area contributed by atoms with E-state index in [1.165, 1.54) is 0 Å². The van der Waals surface area contributed by atoms with Crippen LogP contribution >= 0.6 is 23.8 Å². The van der Waals surface area contributed by atoms with Gasteiger partial charge in [-0.25, -0.2) is 4.98 Å². The fourth-order valence-electron chi connectivity index (χ4n) is 2.89. The van der Waals surface area contributed by atoms with E-state index in [0.717, 1.165) is 17.8 Å². The van der Waals surface area contributed by atoms with E-state index >= 15 is 0 Å². The molecule has 1 aliphatic heterocycles. The van der Waals surface area contributed by atoms with Crippen molar-refractivity contribution in [3.05, 3.63) is 58.7 Å². The molecule has 2 heterocycles. The van der Waals surface area contributed by atoms with E-state index in [9.17, 15) is 13.2 Å². The number of thiocarbonyl (C=S) groups is 1. The fraction of sp³-hybridized carbons (Fsp3) is 0.333. The maximum Gasteiger partial charge on any atom is 0.419 e. The molecular formula is C18H19ClF3N4S+. The number of aromatic nitrogens is 1. The van der Waals surface area contributed by atoms with Crippen molar-refractivity contribution in [1.82, 2.24) is 10.2 Å². The lowest BCUT2D eigenvalue weighted by Gasteiger charge is -2.33. The Balaban J connectivity index is 1.55. The molecule has 9 heteroatoms. The van der Waals surface area contributed by atoms with Gasteiger partial charge in [-0.05, 0) is 23.8 Å². The van der Waals surface area contributed by atoms with E-state index in [4.69, 9.17) is 23.8 Å². The third-order valence-electron chi connectivity index (χ3n) is 4.37. The van der Waals surface area contributed by atoms with Crippen molar-refractivity contribution in [2.75, 3.05) is 31.1 Å². The zero-order valence-corrected chi connectivity index (χ0v) is 16.0. The van der Waals surface area contributed by atoms with Gasteiger partial charge in [-0.1, -0.05) is 41.9 Å². The van der Waals surface area contributed by atoms with Gasteiger partial charge in [-0.15, -0.1) is 0 Å². The minimum absolute atomic E-state index is 0.0584. The maximum absolute atomic E-state index is 12.8. The third-order valence-corrected chi connectivity index (χ3v) is 5.06. The first-order chi connectivity index (χ1) is 12.8. The van der Waals surface area contributed by atoms with Gasteiger partial charge in [0.15, 0.2) is 5.11 Å². The zero-order chi connectivity index (χ0) is 19.4. The highest BCUT2D eigenvalue weighted by Crippen LogP contribution is 2.32. The van der Waals surface area contributed by atoms with Crippen molar-refractivity contribution < 1.29 is 18.2 Å².